The van der Waals surface area contributed by atoms with E-state index < -0.39 is 0 Å². The maximum Gasteiger partial charge on any atom is 0.269 e. The molecule has 1 aromatic rings. The van der Waals surface area contributed by atoms with Gasteiger partial charge in [-0.2, -0.15) is 0 Å². The van der Waals surface area contributed by atoms with E-state index in [1.165, 1.54) is 18.9 Å². The number of benzene rings is 1. The summed E-state index contributed by atoms with van der Waals surface area (Å²) in [5.41, 5.74) is 7.18. The third kappa shape index (κ3) is 3.48. The van der Waals surface area contributed by atoms with E-state index in [1.807, 2.05) is 0 Å². The highest BCUT2D eigenvalue weighted by atomic mass is 16.6. The maximum absolute atomic E-state index is 10.9. The predicted molar refractivity (Wildman–Crippen MR) is 78.0 cm³/mol. The van der Waals surface area contributed by atoms with Crippen molar-refractivity contribution in [3.8, 4) is 5.75 Å². The molecule has 0 atom stereocenters. The second-order valence-electron chi connectivity index (χ2n) is 5.71. The summed E-state index contributed by atoms with van der Waals surface area (Å²) in [6, 6.07) is 4.73. The van der Waals surface area contributed by atoms with Crippen LogP contribution in [0.2, 0.25) is 0 Å². The Hall–Kier alpha value is -1.62. The van der Waals surface area contributed by atoms with Gasteiger partial charge in [0.2, 0.25) is 0 Å². The molecule has 0 bridgehead atoms. The fraction of sp³-hybridized carbons (Fsp3) is 0.600. The van der Waals surface area contributed by atoms with Gasteiger partial charge in [-0.15, -0.1) is 0 Å². The van der Waals surface area contributed by atoms with Gasteiger partial charge in [-0.05, 0) is 25.3 Å². The molecule has 2 rings (SSSR count). The van der Waals surface area contributed by atoms with Crippen molar-refractivity contribution in [2.45, 2.75) is 50.5 Å². The van der Waals surface area contributed by atoms with Crippen molar-refractivity contribution in [2.75, 3.05) is 7.11 Å². The lowest BCUT2D eigenvalue weighted by atomic mass is 9.84. The molecule has 1 aromatic carbocycles. The van der Waals surface area contributed by atoms with Crippen molar-refractivity contribution >= 4 is 5.69 Å². The maximum atomic E-state index is 10.9. The number of ether oxygens (including phenoxy) is 1. The minimum Gasteiger partial charge on any atom is -0.496 e. The molecule has 1 aliphatic rings. The highest BCUT2D eigenvalue weighted by Gasteiger charge is 2.28. The molecular formula is C15H22N2O3. The van der Waals surface area contributed by atoms with Gasteiger partial charge in [-0.3, -0.25) is 10.1 Å². The summed E-state index contributed by atoms with van der Waals surface area (Å²) in [4.78, 5) is 10.5. The van der Waals surface area contributed by atoms with Gasteiger partial charge in [0, 0.05) is 23.2 Å². The molecule has 0 amide bonds. The molecule has 0 aliphatic heterocycles. The largest absolute Gasteiger partial charge is 0.496 e. The Kier molecular flexibility index (Phi) is 4.60. The summed E-state index contributed by atoms with van der Waals surface area (Å²) < 4.78 is 5.32. The first-order valence-electron chi connectivity index (χ1n) is 7.14. The van der Waals surface area contributed by atoms with Gasteiger partial charge in [0.05, 0.1) is 12.0 Å². The van der Waals surface area contributed by atoms with Crippen molar-refractivity contribution in [3.63, 3.8) is 0 Å². The van der Waals surface area contributed by atoms with E-state index in [9.17, 15) is 10.1 Å². The number of nitrogens with zero attached hydrogens (tertiary/aromatic N) is 1. The van der Waals surface area contributed by atoms with Gasteiger partial charge in [0.1, 0.15) is 5.75 Å². The lowest BCUT2D eigenvalue weighted by molar-refractivity contribution is -0.384. The zero-order chi connectivity index (χ0) is 14.6. The molecule has 5 heteroatoms. The molecule has 1 aliphatic carbocycles. The van der Waals surface area contributed by atoms with E-state index in [0.29, 0.717) is 12.2 Å². The monoisotopic (exact) mass is 278 g/mol. The van der Waals surface area contributed by atoms with Crippen LogP contribution in [0.15, 0.2) is 18.2 Å². The zero-order valence-corrected chi connectivity index (χ0v) is 11.9. The SMILES string of the molecule is COc1ccc([N+](=O)[O-])cc1CC1(N)CCCCCC1. The molecule has 1 saturated carbocycles. The van der Waals surface area contributed by atoms with Crippen LogP contribution in [0.3, 0.4) is 0 Å². The molecular weight excluding hydrogens is 256 g/mol. The molecule has 20 heavy (non-hydrogen) atoms. The van der Waals surface area contributed by atoms with Crippen LogP contribution in [0, 0.1) is 10.1 Å². The quantitative estimate of drug-likeness (QED) is 0.521. The van der Waals surface area contributed by atoms with Gasteiger partial charge in [0.15, 0.2) is 0 Å². The highest BCUT2D eigenvalue weighted by molar-refractivity contribution is 5.44. The Balaban J connectivity index is 2.25. The number of non-ortho nitro benzene ring substituents is 1. The highest BCUT2D eigenvalue weighted by Crippen LogP contribution is 2.32. The number of nitro groups is 1. The number of methoxy groups -OCH3 is 1. The summed E-state index contributed by atoms with van der Waals surface area (Å²) in [5.74, 6) is 0.685. The summed E-state index contributed by atoms with van der Waals surface area (Å²) >= 11 is 0. The fourth-order valence-electron chi connectivity index (χ4n) is 3.01. The summed E-state index contributed by atoms with van der Waals surface area (Å²) in [6.07, 6.45) is 7.30. The Bertz CT molecular complexity index is 480. The van der Waals surface area contributed by atoms with E-state index in [4.69, 9.17) is 10.5 Å². The van der Waals surface area contributed by atoms with Crippen molar-refractivity contribution < 1.29 is 9.66 Å². The average Bonchev–Trinajstić information content (AvgIpc) is 2.63. The molecule has 2 N–H and O–H groups in total. The normalized spacial score (nSPS) is 18.3. The number of hydrogen-bond acceptors (Lipinski definition) is 4. The minimum absolute atomic E-state index is 0.0954. The van der Waals surface area contributed by atoms with Crippen LogP contribution < -0.4 is 10.5 Å². The lowest BCUT2D eigenvalue weighted by Gasteiger charge is -2.28. The van der Waals surface area contributed by atoms with Crippen molar-refractivity contribution in [1.29, 1.82) is 0 Å². The van der Waals surface area contributed by atoms with Crippen LogP contribution in [0.4, 0.5) is 5.69 Å². The van der Waals surface area contributed by atoms with Crippen LogP contribution in [0.25, 0.3) is 0 Å². The zero-order valence-electron chi connectivity index (χ0n) is 11.9. The number of nitro benzene ring substituents is 1. The minimum atomic E-state index is -0.376. The predicted octanol–water partition coefficient (Wildman–Crippen LogP) is 3.20. The first-order valence-corrected chi connectivity index (χ1v) is 7.14. The van der Waals surface area contributed by atoms with Crippen molar-refractivity contribution in [1.82, 2.24) is 0 Å². The molecule has 1 fully saturated rings. The third-order valence-corrected chi connectivity index (χ3v) is 4.12. The molecule has 0 heterocycles. The Morgan fingerprint density at radius 3 is 2.50 bits per heavy atom. The van der Waals surface area contributed by atoms with Crippen LogP contribution >= 0.6 is 0 Å². The topological polar surface area (TPSA) is 78.4 Å². The molecule has 0 saturated heterocycles. The van der Waals surface area contributed by atoms with E-state index in [0.717, 1.165) is 31.2 Å². The van der Waals surface area contributed by atoms with Gasteiger partial charge in [-0.25, -0.2) is 0 Å². The molecule has 5 nitrogen and oxygen atoms in total. The number of hydrogen-bond donors (Lipinski definition) is 1. The van der Waals surface area contributed by atoms with Crippen LogP contribution in [-0.4, -0.2) is 17.6 Å². The standard InChI is InChI=1S/C15H22N2O3/c1-20-14-7-6-13(17(18)19)10-12(14)11-15(16)8-4-2-3-5-9-15/h6-7,10H,2-5,8-9,11,16H2,1H3. The molecule has 110 valence electrons. The Morgan fingerprint density at radius 2 is 1.95 bits per heavy atom. The first kappa shape index (κ1) is 14.8. The average molecular weight is 278 g/mol. The summed E-state index contributed by atoms with van der Waals surface area (Å²) in [6.45, 7) is 0. The Morgan fingerprint density at radius 1 is 1.30 bits per heavy atom. The Labute approximate surface area is 119 Å². The third-order valence-electron chi connectivity index (χ3n) is 4.12. The summed E-state index contributed by atoms with van der Waals surface area (Å²) in [5, 5.41) is 10.9. The number of nitrogens with two attached hydrogens (primary N) is 1. The molecule has 0 unspecified atom stereocenters. The second-order valence-corrected chi connectivity index (χ2v) is 5.71. The molecule has 0 spiro atoms. The summed E-state index contributed by atoms with van der Waals surface area (Å²) in [7, 11) is 1.58. The molecule has 0 aromatic heterocycles. The smallest absolute Gasteiger partial charge is 0.269 e. The van der Waals surface area contributed by atoms with Crippen LogP contribution in [0.5, 0.6) is 5.75 Å². The van der Waals surface area contributed by atoms with Crippen molar-refractivity contribution in [3.05, 3.63) is 33.9 Å². The van der Waals surface area contributed by atoms with Gasteiger partial charge in [0.25, 0.3) is 5.69 Å². The van der Waals surface area contributed by atoms with E-state index in [2.05, 4.69) is 0 Å². The van der Waals surface area contributed by atoms with Crippen LogP contribution in [-0.2, 0) is 6.42 Å². The van der Waals surface area contributed by atoms with Crippen molar-refractivity contribution in [2.24, 2.45) is 5.73 Å². The van der Waals surface area contributed by atoms with Gasteiger partial charge >= 0.3 is 0 Å². The van der Waals surface area contributed by atoms with E-state index >= 15 is 0 Å². The number of rotatable bonds is 4. The van der Waals surface area contributed by atoms with E-state index in [-0.39, 0.29) is 16.1 Å². The van der Waals surface area contributed by atoms with Gasteiger partial charge in [-0.1, -0.05) is 25.7 Å². The fourth-order valence-corrected chi connectivity index (χ4v) is 3.01. The van der Waals surface area contributed by atoms with E-state index in [1.54, 1.807) is 19.2 Å². The lowest BCUT2D eigenvalue weighted by Crippen LogP contribution is -2.41. The van der Waals surface area contributed by atoms with Crippen LogP contribution in [0.1, 0.15) is 44.1 Å². The van der Waals surface area contributed by atoms with Gasteiger partial charge < -0.3 is 10.5 Å². The first-order chi connectivity index (χ1) is 9.54. The second kappa shape index (κ2) is 6.22. The molecule has 0 radical (unpaired) electrons.